The van der Waals surface area contributed by atoms with Gasteiger partial charge in [0.15, 0.2) is 0 Å². The maximum atomic E-state index is 11.9. The number of ether oxygens (including phenoxy) is 2. The molecule has 0 amide bonds. The van der Waals surface area contributed by atoms with Crippen molar-refractivity contribution in [2.75, 3.05) is 6.61 Å². The van der Waals surface area contributed by atoms with Crippen molar-refractivity contribution < 1.29 is 18.7 Å². The van der Waals surface area contributed by atoms with Crippen molar-refractivity contribution in [2.45, 2.75) is 32.9 Å². The highest BCUT2D eigenvalue weighted by molar-refractivity contribution is 5.86. The maximum Gasteiger partial charge on any atom is 0.310 e. The largest absolute Gasteiger partial charge is 0.488 e. The van der Waals surface area contributed by atoms with Crippen LogP contribution in [0.1, 0.15) is 36.6 Å². The van der Waals surface area contributed by atoms with Gasteiger partial charge in [-0.05, 0) is 54.8 Å². The van der Waals surface area contributed by atoms with Crippen molar-refractivity contribution in [1.29, 1.82) is 0 Å². The molecule has 0 saturated carbocycles. The predicted molar refractivity (Wildman–Crippen MR) is 125 cm³/mol. The molecular formula is C27H27NO4. The highest BCUT2D eigenvalue weighted by Crippen LogP contribution is 2.30. The van der Waals surface area contributed by atoms with Crippen LogP contribution >= 0.6 is 0 Å². The number of furan rings is 1. The molecule has 3 aromatic carbocycles. The van der Waals surface area contributed by atoms with Crippen molar-refractivity contribution in [2.24, 2.45) is 5.73 Å². The van der Waals surface area contributed by atoms with Crippen molar-refractivity contribution in [3.8, 4) is 16.9 Å². The van der Waals surface area contributed by atoms with Crippen LogP contribution in [0.5, 0.6) is 5.75 Å². The third-order valence-electron chi connectivity index (χ3n) is 5.40. The van der Waals surface area contributed by atoms with Gasteiger partial charge in [-0.3, -0.25) is 4.79 Å². The van der Waals surface area contributed by atoms with E-state index in [9.17, 15) is 4.79 Å². The van der Waals surface area contributed by atoms with Crippen LogP contribution in [-0.2, 0) is 22.6 Å². The minimum absolute atomic E-state index is 0.0220. The number of hydrogen-bond acceptors (Lipinski definition) is 5. The van der Waals surface area contributed by atoms with Gasteiger partial charge in [0.2, 0.25) is 0 Å². The topological polar surface area (TPSA) is 74.7 Å². The van der Waals surface area contributed by atoms with Crippen LogP contribution in [-0.4, -0.2) is 12.6 Å². The number of rotatable bonds is 8. The molecule has 0 unspecified atom stereocenters. The van der Waals surface area contributed by atoms with Crippen molar-refractivity contribution in [3.05, 3.63) is 89.7 Å². The summed E-state index contributed by atoms with van der Waals surface area (Å²) in [5, 5.41) is 0.997. The van der Waals surface area contributed by atoms with E-state index in [2.05, 4.69) is 18.2 Å². The van der Waals surface area contributed by atoms with Crippen LogP contribution < -0.4 is 10.5 Å². The van der Waals surface area contributed by atoms with Gasteiger partial charge in [0.25, 0.3) is 0 Å². The fraction of sp³-hybridized carbons (Fsp3) is 0.222. The Labute approximate surface area is 187 Å². The maximum absolute atomic E-state index is 11.9. The fourth-order valence-corrected chi connectivity index (χ4v) is 3.69. The van der Waals surface area contributed by atoms with Crippen LogP contribution in [0, 0.1) is 0 Å². The summed E-state index contributed by atoms with van der Waals surface area (Å²) >= 11 is 0. The Morgan fingerprint density at radius 3 is 2.62 bits per heavy atom. The Morgan fingerprint density at radius 1 is 1.00 bits per heavy atom. The van der Waals surface area contributed by atoms with E-state index in [0.717, 1.165) is 38.8 Å². The summed E-state index contributed by atoms with van der Waals surface area (Å²) in [6, 6.07) is 21.9. The Balaban J connectivity index is 1.57. The summed E-state index contributed by atoms with van der Waals surface area (Å²) in [6.45, 7) is 4.47. The lowest BCUT2D eigenvalue weighted by Crippen LogP contribution is -2.09. The number of carbonyl (C=O) groups excluding carboxylic acids is 1. The quantitative estimate of drug-likeness (QED) is 0.358. The van der Waals surface area contributed by atoms with Gasteiger partial charge in [0, 0.05) is 22.6 Å². The molecule has 1 atom stereocenters. The standard InChI is InChI=1S/C27H27NO4/c1-3-30-27(29)15-22-7-4-5-10-25(22)31-16-23-17-32-26-12-11-21(14-24(23)26)20-9-6-8-19(13-20)18(2)28/h4-14,17-18H,3,15-16,28H2,1-2H3/t18-/m0/s1. The minimum Gasteiger partial charge on any atom is -0.488 e. The number of hydrogen-bond donors (Lipinski definition) is 1. The van der Waals surface area contributed by atoms with E-state index in [1.807, 2.05) is 55.5 Å². The highest BCUT2D eigenvalue weighted by atomic mass is 16.5. The van der Waals surface area contributed by atoms with E-state index in [0.29, 0.717) is 19.0 Å². The van der Waals surface area contributed by atoms with E-state index in [1.165, 1.54) is 0 Å². The molecular weight excluding hydrogens is 402 g/mol. The van der Waals surface area contributed by atoms with Crippen LogP contribution in [0.25, 0.3) is 22.1 Å². The summed E-state index contributed by atoms with van der Waals surface area (Å²) in [7, 11) is 0. The molecule has 32 heavy (non-hydrogen) atoms. The molecule has 0 fully saturated rings. The second kappa shape index (κ2) is 9.71. The molecule has 0 radical (unpaired) electrons. The molecule has 0 aliphatic rings. The molecule has 5 nitrogen and oxygen atoms in total. The van der Waals surface area contributed by atoms with Crippen LogP contribution in [0.3, 0.4) is 0 Å². The molecule has 0 aliphatic heterocycles. The van der Waals surface area contributed by atoms with Crippen LogP contribution in [0.4, 0.5) is 0 Å². The first-order valence-electron chi connectivity index (χ1n) is 10.8. The average molecular weight is 430 g/mol. The lowest BCUT2D eigenvalue weighted by molar-refractivity contribution is -0.142. The predicted octanol–water partition coefficient (Wildman–Crippen LogP) is 5.80. The Hall–Kier alpha value is -3.57. The Kier molecular flexibility index (Phi) is 6.57. The number of esters is 1. The smallest absolute Gasteiger partial charge is 0.310 e. The summed E-state index contributed by atoms with van der Waals surface area (Å²) in [5.41, 5.74) is 11.9. The minimum atomic E-state index is -0.268. The van der Waals surface area contributed by atoms with E-state index in [1.54, 1.807) is 13.2 Å². The third-order valence-corrected chi connectivity index (χ3v) is 5.40. The zero-order chi connectivity index (χ0) is 22.5. The number of carbonyl (C=O) groups is 1. The van der Waals surface area contributed by atoms with E-state index in [4.69, 9.17) is 19.6 Å². The normalized spacial score (nSPS) is 12.0. The molecule has 4 aromatic rings. The molecule has 2 N–H and O–H groups in total. The summed E-state index contributed by atoms with van der Waals surface area (Å²) in [5.74, 6) is 0.395. The molecule has 0 bridgehead atoms. The first kappa shape index (κ1) is 21.7. The number of fused-ring (bicyclic) bond motifs is 1. The fourth-order valence-electron chi connectivity index (χ4n) is 3.69. The highest BCUT2D eigenvalue weighted by Gasteiger charge is 2.13. The summed E-state index contributed by atoms with van der Waals surface area (Å²) in [4.78, 5) is 11.9. The molecule has 0 aliphatic carbocycles. The van der Waals surface area contributed by atoms with Crippen molar-refractivity contribution in [1.82, 2.24) is 0 Å². The first-order valence-corrected chi connectivity index (χ1v) is 10.8. The second-order valence-electron chi connectivity index (χ2n) is 7.76. The van der Waals surface area contributed by atoms with Gasteiger partial charge < -0.3 is 19.6 Å². The van der Waals surface area contributed by atoms with Crippen LogP contribution in [0.15, 0.2) is 77.4 Å². The van der Waals surface area contributed by atoms with Gasteiger partial charge in [-0.25, -0.2) is 0 Å². The van der Waals surface area contributed by atoms with E-state index < -0.39 is 0 Å². The summed E-state index contributed by atoms with van der Waals surface area (Å²) < 4.78 is 16.9. The zero-order valence-electron chi connectivity index (χ0n) is 18.3. The lowest BCUT2D eigenvalue weighted by Gasteiger charge is -2.11. The molecule has 1 heterocycles. The Morgan fingerprint density at radius 2 is 1.81 bits per heavy atom. The van der Waals surface area contributed by atoms with Gasteiger partial charge in [0.05, 0.1) is 19.3 Å². The van der Waals surface area contributed by atoms with E-state index in [-0.39, 0.29) is 18.4 Å². The van der Waals surface area contributed by atoms with Crippen molar-refractivity contribution >= 4 is 16.9 Å². The van der Waals surface area contributed by atoms with Crippen LogP contribution in [0.2, 0.25) is 0 Å². The molecule has 4 rings (SSSR count). The van der Waals surface area contributed by atoms with Gasteiger partial charge in [-0.1, -0.05) is 42.5 Å². The third kappa shape index (κ3) is 4.84. The summed E-state index contributed by atoms with van der Waals surface area (Å²) in [6.07, 6.45) is 1.90. The lowest BCUT2D eigenvalue weighted by atomic mass is 9.99. The molecule has 5 heteroatoms. The van der Waals surface area contributed by atoms with Gasteiger partial charge in [-0.15, -0.1) is 0 Å². The average Bonchev–Trinajstić information content (AvgIpc) is 3.21. The van der Waals surface area contributed by atoms with Crippen molar-refractivity contribution in [3.63, 3.8) is 0 Å². The number of para-hydroxylation sites is 1. The SMILES string of the molecule is CCOC(=O)Cc1ccccc1OCc1coc2ccc(-c3cccc([C@H](C)N)c3)cc12. The molecule has 0 saturated heterocycles. The van der Waals surface area contributed by atoms with Gasteiger partial charge in [0.1, 0.15) is 17.9 Å². The number of benzene rings is 3. The molecule has 164 valence electrons. The first-order chi connectivity index (χ1) is 15.5. The molecule has 0 spiro atoms. The zero-order valence-corrected chi connectivity index (χ0v) is 18.3. The monoisotopic (exact) mass is 429 g/mol. The number of nitrogens with two attached hydrogens (primary N) is 1. The Bertz CT molecular complexity index is 1230. The van der Waals surface area contributed by atoms with Gasteiger partial charge >= 0.3 is 5.97 Å². The van der Waals surface area contributed by atoms with E-state index >= 15 is 0 Å². The second-order valence-corrected chi connectivity index (χ2v) is 7.76. The molecule has 1 aromatic heterocycles. The van der Waals surface area contributed by atoms with Gasteiger partial charge in [-0.2, -0.15) is 0 Å².